The van der Waals surface area contributed by atoms with Crippen molar-refractivity contribution < 1.29 is 193 Å². The van der Waals surface area contributed by atoms with Crippen LogP contribution in [0.4, 0.5) is 0 Å². The zero-order valence-electron chi connectivity index (χ0n) is 44.3. The van der Waals surface area contributed by atoms with Crippen LogP contribution in [0.1, 0.15) is 0 Å². The van der Waals surface area contributed by atoms with E-state index in [9.17, 15) is 117 Å². The molecule has 0 radical (unpaired) electrons. The lowest BCUT2D eigenvalue weighted by molar-refractivity contribution is -0.398. The summed E-state index contributed by atoms with van der Waals surface area (Å²) < 4.78 is 91.2. The van der Waals surface area contributed by atoms with E-state index in [2.05, 4.69) is 0 Å². The van der Waals surface area contributed by atoms with Gasteiger partial charge in [-0.25, -0.2) is 9.59 Å². The smallest absolute Gasteiger partial charge is 0.329 e. The fourth-order valence-electron chi connectivity index (χ4n) is 11.0. The van der Waals surface area contributed by atoms with Crippen LogP contribution in [0, 0.1) is 0 Å². The zero-order chi connectivity index (χ0) is 62.0. The average molecular weight is 1250 g/mol. The van der Waals surface area contributed by atoms with Crippen molar-refractivity contribution in [3.8, 4) is 0 Å². The summed E-state index contributed by atoms with van der Waals surface area (Å²) >= 11 is 0. The number of carboxylic acids is 2. The van der Waals surface area contributed by atoms with E-state index in [1.54, 1.807) is 0 Å². The lowest BCUT2D eigenvalue weighted by Crippen LogP contribution is -2.68. The van der Waals surface area contributed by atoms with E-state index in [0.717, 1.165) is 0 Å². The Hall–Kier alpha value is -2.46. The summed E-state index contributed by atoms with van der Waals surface area (Å²) in [4.78, 5) is 23.4. The molecule has 0 amide bonds. The van der Waals surface area contributed by atoms with Crippen LogP contribution >= 0.6 is 0 Å². The molecule has 21 aliphatic rings. The highest BCUT2D eigenvalue weighted by atomic mass is 16.8. The van der Waals surface area contributed by atoms with Crippen LogP contribution in [0.3, 0.4) is 0 Å². The Morgan fingerprint density at radius 2 is 0.482 bits per heavy atom. The molecule has 21 saturated heterocycles. The van der Waals surface area contributed by atoms with Crippen molar-refractivity contribution in [3.63, 3.8) is 0 Å². The topological polar surface area (TPSA) is 607 Å². The van der Waals surface area contributed by atoms with Crippen molar-refractivity contribution in [2.24, 2.45) is 0 Å². The Balaban J connectivity index is 1.12. The third kappa shape index (κ3) is 14.5. The van der Waals surface area contributed by atoms with Gasteiger partial charge >= 0.3 is 11.9 Å². The van der Waals surface area contributed by atoms with Gasteiger partial charge in [-0.2, -0.15) is 0 Å². The molecule has 39 nitrogen and oxygen atoms in total. The molecular weight excluding hydrogens is 1180 g/mol. The summed E-state index contributed by atoms with van der Waals surface area (Å²) in [6.07, 6.45) is -72.7. The molecule has 14 bridgehead atoms. The SMILES string of the molecule is O=C(O)COC[C@H]1O[C@@H]2O[C@H]3[C@H](O)[C@@H](O)[C@@H](O[C@H]4[C@H](O)[C@@H](O)[C@@H](O[C@H]5[C@H](O)[C@@H](O)[C@@H](O[C@H]6[C@H](O)[C@@H](O)[C@@H](O[C@H]7[C@H](O)[C@@H](O)[C@@H](O[C@H]8[C@H](O)[C@@H](O)[C@@H](O[C@H]1[C@H](O)[C@H]2OCC(=O)O)O[C@@H]8CO)O[C@@H]7CO)O[C@@H]6CO)O[C@@H]5CO)O[C@@H]4CO)O[C@@H]3CO. The molecule has 21 rings (SSSR count). The Bertz CT molecular complexity index is 2090. The van der Waals surface area contributed by atoms with Crippen LogP contribution in [0.25, 0.3) is 0 Å². The first-order valence-electron chi connectivity index (χ1n) is 26.7. The first-order valence-corrected chi connectivity index (χ1v) is 26.7. The number of hydrogen-bond acceptors (Lipinski definition) is 37. The Labute approximate surface area is 478 Å². The van der Waals surface area contributed by atoms with E-state index in [-0.39, 0.29) is 0 Å². The van der Waals surface area contributed by atoms with Crippen LogP contribution in [0.5, 0.6) is 0 Å². The lowest BCUT2D eigenvalue weighted by atomic mass is 9.95. The van der Waals surface area contributed by atoms with Crippen molar-refractivity contribution >= 4 is 11.9 Å². The van der Waals surface area contributed by atoms with Gasteiger partial charge in [0.25, 0.3) is 0 Å². The average Bonchev–Trinajstić information content (AvgIpc) is 2.27. The minimum Gasteiger partial charge on any atom is -0.480 e. The lowest BCUT2D eigenvalue weighted by Gasteiger charge is -2.50. The number of hydrogen-bond donors (Lipinski definition) is 21. The number of rotatable bonds is 13. The van der Waals surface area contributed by atoms with Crippen molar-refractivity contribution in [3.05, 3.63) is 0 Å². The largest absolute Gasteiger partial charge is 0.480 e. The van der Waals surface area contributed by atoms with E-state index in [0.29, 0.717) is 0 Å². The van der Waals surface area contributed by atoms with Crippen LogP contribution in [0.2, 0.25) is 0 Å². The van der Waals surface area contributed by atoms with Crippen molar-refractivity contribution in [2.45, 2.75) is 215 Å². The van der Waals surface area contributed by atoms with E-state index >= 15 is 0 Å². The third-order valence-corrected chi connectivity index (χ3v) is 15.5. The van der Waals surface area contributed by atoms with Gasteiger partial charge in [0.05, 0.1) is 46.2 Å². The molecule has 0 aromatic rings. The quantitative estimate of drug-likeness (QED) is 0.0814. The van der Waals surface area contributed by atoms with Gasteiger partial charge in [-0.05, 0) is 0 Å². The molecule has 39 heteroatoms. The number of aliphatic carboxylic acids is 2. The highest BCUT2D eigenvalue weighted by Gasteiger charge is 2.60. The maximum Gasteiger partial charge on any atom is 0.329 e. The van der Waals surface area contributed by atoms with Crippen molar-refractivity contribution in [2.75, 3.05) is 59.5 Å². The summed E-state index contributed by atoms with van der Waals surface area (Å²) in [5.41, 5.74) is 0. The highest BCUT2D eigenvalue weighted by molar-refractivity contribution is 5.68. The van der Waals surface area contributed by atoms with Gasteiger partial charge in [-0.1, -0.05) is 0 Å². The maximum absolute atomic E-state index is 12.0. The summed E-state index contributed by atoms with van der Waals surface area (Å²) in [6, 6.07) is 0. The minimum atomic E-state index is -2.33. The van der Waals surface area contributed by atoms with E-state index in [1.807, 2.05) is 0 Å². The van der Waals surface area contributed by atoms with E-state index < -0.39 is 286 Å². The number of aliphatic hydroxyl groups is 19. The van der Waals surface area contributed by atoms with E-state index in [1.165, 1.54) is 0 Å². The van der Waals surface area contributed by atoms with Gasteiger partial charge < -0.3 is 183 Å². The van der Waals surface area contributed by atoms with Crippen LogP contribution in [-0.2, 0) is 85.4 Å². The van der Waals surface area contributed by atoms with Crippen molar-refractivity contribution in [1.82, 2.24) is 0 Å². The van der Waals surface area contributed by atoms with Crippen molar-refractivity contribution in [1.29, 1.82) is 0 Å². The summed E-state index contributed by atoms with van der Waals surface area (Å²) in [5.74, 6) is -3.20. The summed E-state index contributed by atoms with van der Waals surface area (Å²) in [5, 5.41) is 231. The Morgan fingerprint density at radius 3 is 0.706 bits per heavy atom. The van der Waals surface area contributed by atoms with E-state index in [4.69, 9.17) is 75.8 Å². The van der Waals surface area contributed by atoms with Gasteiger partial charge in [0.1, 0.15) is 184 Å². The second-order valence-electron chi connectivity index (χ2n) is 21.1. The van der Waals surface area contributed by atoms with Gasteiger partial charge in [-0.15, -0.1) is 0 Å². The van der Waals surface area contributed by atoms with Gasteiger partial charge in [0.15, 0.2) is 44.0 Å². The number of carboxylic acid groups (broad SMARTS) is 2. The standard InChI is InChI=1S/C46H74O39/c47-1-10-32-19(57)25(63)41(72-10)80-34-12(3-49)74-43(27(65)21(34)59)82-36-14(5-51)76-45(29(67)23(36)61)84-38-16(7-70-8-17(53)54)78-46(39(31(38)69)71-9-18(55)56)85-37-15(6-52)77-44(30(68)24(37)62)83-35-13(4-50)75-42(28(66)22(35)60)81-33-11(2-48)73-40(79-32)26(64)20(33)58/h10-16,19-52,57-69H,1-9H2,(H,53,54)(H,55,56)/t10-,11-,12-,13-,14-,15-,16-,19-,20-,21-,22-,23-,24-,25-,26-,27-,28-,29-,30-,31+,32-,33-,34-,35-,36-,37-,38-,39-,40-,41-,42-,43-,44-,45-,46-/m1/s1. The normalized spacial score (nSPS) is 51.2. The Morgan fingerprint density at radius 1 is 0.271 bits per heavy atom. The zero-order valence-corrected chi connectivity index (χ0v) is 44.3. The summed E-state index contributed by atoms with van der Waals surface area (Å²) in [7, 11) is 0. The predicted molar refractivity (Wildman–Crippen MR) is 251 cm³/mol. The third-order valence-electron chi connectivity index (χ3n) is 15.5. The molecule has 85 heavy (non-hydrogen) atoms. The van der Waals surface area contributed by atoms with Crippen LogP contribution in [0.15, 0.2) is 0 Å². The molecule has 35 atom stereocenters. The second-order valence-corrected chi connectivity index (χ2v) is 21.1. The molecular formula is C46H74O39. The fourth-order valence-corrected chi connectivity index (χ4v) is 11.0. The summed E-state index contributed by atoms with van der Waals surface area (Å²) in [6.45, 7) is -9.79. The molecule has 21 aliphatic heterocycles. The molecule has 21 N–H and O–H groups in total. The van der Waals surface area contributed by atoms with Gasteiger partial charge in [0, 0.05) is 0 Å². The highest BCUT2D eigenvalue weighted by Crippen LogP contribution is 2.39. The van der Waals surface area contributed by atoms with Gasteiger partial charge in [0.2, 0.25) is 0 Å². The van der Waals surface area contributed by atoms with Gasteiger partial charge in [-0.3, -0.25) is 0 Å². The number of carbonyl (C=O) groups is 2. The molecule has 0 aromatic carbocycles. The predicted octanol–water partition coefficient (Wildman–Crippen LogP) is -15.0. The maximum atomic E-state index is 12.0. The molecule has 492 valence electrons. The minimum absolute atomic E-state index is 0.889. The monoisotopic (exact) mass is 1250 g/mol. The first kappa shape index (κ1) is 68.4. The second kappa shape index (κ2) is 29.7. The molecule has 21 fully saturated rings. The number of aliphatic hydroxyl groups excluding tert-OH is 19. The van der Waals surface area contributed by atoms with Crippen LogP contribution in [-0.4, -0.2) is 394 Å². The molecule has 21 heterocycles. The molecule has 0 aromatic heterocycles. The molecule has 0 unspecified atom stereocenters. The Kier molecular flexibility index (Phi) is 23.9. The molecule has 0 spiro atoms. The van der Waals surface area contributed by atoms with Crippen LogP contribution < -0.4 is 0 Å². The fraction of sp³-hybridized carbons (Fsp3) is 0.957. The molecule has 0 aliphatic carbocycles. The first-order chi connectivity index (χ1) is 40.4. The number of ether oxygens (including phenoxy) is 16. The molecule has 0 saturated carbocycles.